The predicted molar refractivity (Wildman–Crippen MR) is 117 cm³/mol. The molecule has 1 unspecified atom stereocenters. The number of carbonyl (C=O) groups excluding carboxylic acids is 2. The quantitative estimate of drug-likeness (QED) is 0.136. The van der Waals surface area contributed by atoms with Crippen molar-refractivity contribution in [2.45, 2.75) is 26.3 Å². The van der Waals surface area contributed by atoms with E-state index in [4.69, 9.17) is 22.4 Å². The molecule has 204 valence electrons. The highest BCUT2D eigenvalue weighted by molar-refractivity contribution is 9.10. The third-order valence-corrected chi connectivity index (χ3v) is 4.74. The van der Waals surface area contributed by atoms with Crippen molar-refractivity contribution in [3.63, 3.8) is 0 Å². The summed E-state index contributed by atoms with van der Waals surface area (Å²) < 4.78 is 107. The first-order chi connectivity index (χ1) is 18.2. The largest absolute Gasteiger partial charge is 0.465 e. The number of carbonyl (C=O) groups is 2. The maximum absolute atomic E-state index is 13.5. The second kappa shape index (κ2) is 15.7. The Morgan fingerprint density at radius 3 is 1.51 bits per heavy atom. The monoisotopic (exact) mass is 622 g/mol. The van der Waals surface area contributed by atoms with Crippen LogP contribution in [0.1, 0.15) is 43.0 Å². The molecule has 0 aliphatic heterocycles. The van der Waals surface area contributed by atoms with Crippen LogP contribution >= 0.6 is 15.9 Å². The topological polar surface area (TPSA) is 119 Å². The van der Waals surface area contributed by atoms with Crippen LogP contribution in [0.15, 0.2) is 4.47 Å². The SMILES string of the molecule is CCOC(=O)CC#N.N#Cc1c(F)c(F)c(Br)c(F)c1F.[C-]#[N+]C(C(C)=O)c1c(F)c(F)c(C#N)c(F)c1F. The van der Waals surface area contributed by atoms with Gasteiger partial charge in [-0.05, 0) is 22.9 Å². The summed E-state index contributed by atoms with van der Waals surface area (Å²) in [5.41, 5.74) is -4.01. The zero-order chi connectivity index (χ0) is 30.6. The van der Waals surface area contributed by atoms with E-state index in [0.717, 1.165) is 19.1 Å². The molecule has 39 heavy (non-hydrogen) atoms. The molecule has 2 aromatic carbocycles. The lowest BCUT2D eigenvalue weighted by Gasteiger charge is -2.08. The number of ether oxygens (including phenoxy) is 1. The van der Waals surface area contributed by atoms with Gasteiger partial charge in [0, 0.05) is 6.92 Å². The van der Waals surface area contributed by atoms with Gasteiger partial charge in [-0.15, -0.1) is 0 Å². The summed E-state index contributed by atoms with van der Waals surface area (Å²) in [6.45, 7) is 9.53. The van der Waals surface area contributed by atoms with E-state index in [2.05, 4.69) is 25.5 Å². The molecule has 0 bridgehead atoms. The van der Waals surface area contributed by atoms with Crippen LogP contribution in [-0.4, -0.2) is 18.4 Å². The number of Topliss-reactive ketones (excluding diaryl/α,β-unsaturated/α-hetero) is 1. The predicted octanol–water partition coefficient (Wildman–Crippen LogP) is 6.00. The molecule has 0 heterocycles. The number of nitrogens with zero attached hydrogens (tertiary/aromatic N) is 4. The number of hydrogen-bond acceptors (Lipinski definition) is 6. The molecule has 16 heteroatoms. The van der Waals surface area contributed by atoms with E-state index in [-0.39, 0.29) is 6.42 Å². The normalized spacial score (nSPS) is 10.1. The number of ketones is 1. The Bertz CT molecular complexity index is 1400. The van der Waals surface area contributed by atoms with Gasteiger partial charge in [0.05, 0.1) is 17.1 Å². The van der Waals surface area contributed by atoms with Crippen LogP contribution in [0.2, 0.25) is 0 Å². The van der Waals surface area contributed by atoms with Crippen molar-refractivity contribution < 1.29 is 49.4 Å². The zero-order valence-corrected chi connectivity index (χ0v) is 21.0. The fraction of sp³-hybridized carbons (Fsp3) is 0.217. The molecule has 7 nitrogen and oxygen atoms in total. The molecule has 0 spiro atoms. The minimum absolute atomic E-state index is 0.145. The molecule has 0 N–H and O–H groups in total. The average molecular weight is 623 g/mol. The van der Waals surface area contributed by atoms with Gasteiger partial charge in [-0.3, -0.25) is 14.4 Å². The van der Waals surface area contributed by atoms with E-state index in [1.165, 1.54) is 0 Å². The van der Waals surface area contributed by atoms with Crippen LogP contribution < -0.4 is 0 Å². The summed E-state index contributed by atoms with van der Waals surface area (Å²) in [5.74, 6) is -15.7. The van der Waals surface area contributed by atoms with Gasteiger partial charge >= 0.3 is 12.0 Å². The third-order valence-electron chi connectivity index (χ3n) is 4.05. The van der Waals surface area contributed by atoms with E-state index < -0.39 is 85.5 Å². The Labute approximate surface area is 223 Å². The molecule has 0 radical (unpaired) electrons. The molecule has 0 fully saturated rings. The fourth-order valence-electron chi connectivity index (χ4n) is 2.33. The van der Waals surface area contributed by atoms with Crippen molar-refractivity contribution >= 4 is 27.7 Å². The number of rotatable bonds is 4. The smallest absolute Gasteiger partial charge is 0.320 e. The van der Waals surface area contributed by atoms with Crippen LogP contribution in [0.3, 0.4) is 0 Å². The Kier molecular flexibility index (Phi) is 13.8. The number of benzene rings is 2. The van der Waals surface area contributed by atoms with Gasteiger partial charge in [-0.1, -0.05) is 0 Å². The number of hydrogen-bond donors (Lipinski definition) is 0. The highest BCUT2D eigenvalue weighted by atomic mass is 79.9. The van der Waals surface area contributed by atoms with Crippen molar-refractivity contribution in [1.29, 1.82) is 15.8 Å². The van der Waals surface area contributed by atoms with Crippen LogP contribution in [0.5, 0.6) is 0 Å². The minimum Gasteiger partial charge on any atom is -0.465 e. The lowest BCUT2D eigenvalue weighted by atomic mass is 10.00. The number of nitriles is 3. The standard InChI is InChI=1S/C11H4F4N2O.C7BrF4N.C5H7NO2/c1-4(18)11(17-2)6-9(14)7(12)5(3-16)8(13)10(6)15;8-3-6(11)4(9)2(1-13)5(10)7(3)12;1-2-8-5(7)3-4-6/h11H,1H3;;2-3H2,1H3. The molecule has 2 rings (SSSR count). The summed E-state index contributed by atoms with van der Waals surface area (Å²) in [6, 6.07) is 1.68. The molecule has 0 saturated carbocycles. The van der Waals surface area contributed by atoms with Gasteiger partial charge in [-0.25, -0.2) is 41.7 Å². The van der Waals surface area contributed by atoms with Crippen molar-refractivity contribution in [3.05, 3.63) is 79.1 Å². The Balaban J connectivity index is 0.000000602. The average Bonchev–Trinajstić information content (AvgIpc) is 2.89. The van der Waals surface area contributed by atoms with Crippen LogP contribution in [-0.2, 0) is 14.3 Å². The Morgan fingerprint density at radius 1 is 0.846 bits per heavy atom. The van der Waals surface area contributed by atoms with Crippen molar-refractivity contribution in [3.8, 4) is 18.2 Å². The van der Waals surface area contributed by atoms with Gasteiger partial charge in [0.1, 0.15) is 35.2 Å². The highest BCUT2D eigenvalue weighted by Gasteiger charge is 2.35. The molecule has 0 saturated heterocycles. The first-order valence-electron chi connectivity index (χ1n) is 9.75. The van der Waals surface area contributed by atoms with E-state index in [1.54, 1.807) is 13.0 Å². The summed E-state index contributed by atoms with van der Waals surface area (Å²) in [6.07, 6.45) is -0.145. The van der Waals surface area contributed by atoms with Gasteiger partial charge in [0.25, 0.3) is 0 Å². The van der Waals surface area contributed by atoms with Crippen molar-refractivity contribution in [1.82, 2.24) is 0 Å². The van der Waals surface area contributed by atoms with Crippen molar-refractivity contribution in [2.24, 2.45) is 0 Å². The number of esters is 1. The van der Waals surface area contributed by atoms with Gasteiger partial charge in [0.15, 0.2) is 46.5 Å². The maximum atomic E-state index is 13.5. The zero-order valence-electron chi connectivity index (χ0n) is 19.4. The molecular weight excluding hydrogens is 612 g/mol. The molecular formula is C23H11BrF8N4O3. The molecule has 0 aromatic heterocycles. The molecule has 1 atom stereocenters. The minimum atomic E-state index is -1.98. The third kappa shape index (κ3) is 8.22. The second-order valence-electron chi connectivity index (χ2n) is 6.50. The van der Waals surface area contributed by atoms with Crippen LogP contribution in [0.4, 0.5) is 35.1 Å². The molecule has 0 amide bonds. The van der Waals surface area contributed by atoms with Crippen LogP contribution in [0.25, 0.3) is 4.85 Å². The van der Waals surface area contributed by atoms with E-state index in [0.29, 0.717) is 6.61 Å². The number of halogens is 9. The lowest BCUT2D eigenvalue weighted by molar-refractivity contribution is -0.141. The Morgan fingerprint density at radius 2 is 1.23 bits per heavy atom. The van der Waals surface area contributed by atoms with E-state index >= 15 is 0 Å². The molecule has 2 aromatic rings. The summed E-state index contributed by atoms with van der Waals surface area (Å²) in [4.78, 5) is 23.8. The van der Waals surface area contributed by atoms with E-state index in [9.17, 15) is 44.7 Å². The maximum Gasteiger partial charge on any atom is 0.320 e. The second-order valence-corrected chi connectivity index (χ2v) is 7.29. The first kappa shape index (κ1) is 34.5. The first-order valence-corrected chi connectivity index (χ1v) is 10.5. The van der Waals surface area contributed by atoms with Gasteiger partial charge < -0.3 is 4.74 Å². The fourth-order valence-corrected chi connectivity index (χ4v) is 2.67. The molecule has 0 aliphatic carbocycles. The highest BCUT2D eigenvalue weighted by Crippen LogP contribution is 2.31. The summed E-state index contributed by atoms with van der Waals surface area (Å²) >= 11 is 2.30. The summed E-state index contributed by atoms with van der Waals surface area (Å²) in [7, 11) is 0. The van der Waals surface area contributed by atoms with Gasteiger partial charge in [0.2, 0.25) is 5.78 Å². The van der Waals surface area contributed by atoms with Crippen molar-refractivity contribution in [2.75, 3.05) is 6.61 Å². The summed E-state index contributed by atoms with van der Waals surface area (Å²) in [5, 5.41) is 24.4. The molecule has 0 aliphatic rings. The van der Waals surface area contributed by atoms with Crippen LogP contribution in [0, 0.1) is 87.1 Å². The van der Waals surface area contributed by atoms with E-state index in [1.807, 2.05) is 0 Å². The lowest BCUT2D eigenvalue weighted by Crippen LogP contribution is -2.14. The Hall–Kier alpha value is -4.54. The van der Waals surface area contributed by atoms with Gasteiger partial charge in [-0.2, -0.15) is 15.8 Å².